The molecule has 16 heavy (non-hydrogen) atoms. The van der Waals surface area contributed by atoms with E-state index in [1.54, 1.807) is 12.4 Å². The number of aliphatic hydroxyl groups excluding tert-OH is 1. The molecule has 0 amide bonds. The van der Waals surface area contributed by atoms with Crippen molar-refractivity contribution in [1.82, 2.24) is 9.97 Å². The number of rotatable bonds is 6. The average molecular weight is 225 g/mol. The standard InChI is InChI=1S/C10H19N5O/c1-7(2)8(3-4-16)13-9-5-12-6-10(14-9)15-11/h5-8,16H,3-4,11H2,1-2H3,(H2,13,14,15). The molecule has 1 aromatic rings. The first-order chi connectivity index (χ1) is 7.67. The van der Waals surface area contributed by atoms with Crippen LogP contribution in [0.5, 0.6) is 0 Å². The molecule has 90 valence electrons. The lowest BCUT2D eigenvalue weighted by molar-refractivity contribution is 0.267. The lowest BCUT2D eigenvalue weighted by atomic mass is 10.0. The fourth-order valence-corrected chi connectivity index (χ4v) is 1.41. The number of nitrogen functional groups attached to an aromatic ring is 1. The van der Waals surface area contributed by atoms with Crippen LogP contribution in [-0.2, 0) is 0 Å². The van der Waals surface area contributed by atoms with Gasteiger partial charge in [-0.1, -0.05) is 13.8 Å². The van der Waals surface area contributed by atoms with E-state index in [-0.39, 0.29) is 12.6 Å². The number of nitrogens with one attached hydrogen (secondary N) is 2. The monoisotopic (exact) mass is 225 g/mol. The van der Waals surface area contributed by atoms with Crippen molar-refractivity contribution in [3.8, 4) is 0 Å². The molecule has 0 spiro atoms. The van der Waals surface area contributed by atoms with E-state index in [0.717, 1.165) is 0 Å². The zero-order valence-corrected chi connectivity index (χ0v) is 9.64. The van der Waals surface area contributed by atoms with Gasteiger partial charge in [-0.25, -0.2) is 10.8 Å². The summed E-state index contributed by atoms with van der Waals surface area (Å²) in [6.07, 6.45) is 3.86. The molecular weight excluding hydrogens is 206 g/mol. The van der Waals surface area contributed by atoms with E-state index in [4.69, 9.17) is 10.9 Å². The normalized spacial score (nSPS) is 12.6. The van der Waals surface area contributed by atoms with Crippen molar-refractivity contribution < 1.29 is 5.11 Å². The number of anilines is 2. The van der Waals surface area contributed by atoms with Crippen molar-refractivity contribution in [2.45, 2.75) is 26.3 Å². The number of hydrazine groups is 1. The van der Waals surface area contributed by atoms with E-state index in [9.17, 15) is 0 Å². The number of hydrogen-bond donors (Lipinski definition) is 4. The van der Waals surface area contributed by atoms with Gasteiger partial charge in [0.2, 0.25) is 0 Å². The van der Waals surface area contributed by atoms with Crippen LogP contribution >= 0.6 is 0 Å². The molecule has 5 N–H and O–H groups in total. The fourth-order valence-electron chi connectivity index (χ4n) is 1.41. The predicted molar refractivity (Wildman–Crippen MR) is 63.8 cm³/mol. The van der Waals surface area contributed by atoms with Gasteiger partial charge >= 0.3 is 0 Å². The molecule has 0 aliphatic rings. The Bertz CT molecular complexity index is 318. The summed E-state index contributed by atoms with van der Waals surface area (Å²) in [4.78, 5) is 8.20. The predicted octanol–water partition coefficient (Wildman–Crippen LogP) is 0.581. The summed E-state index contributed by atoms with van der Waals surface area (Å²) < 4.78 is 0. The molecule has 1 heterocycles. The highest BCUT2D eigenvalue weighted by molar-refractivity contribution is 5.41. The summed E-state index contributed by atoms with van der Waals surface area (Å²) in [5.74, 6) is 6.82. The van der Waals surface area contributed by atoms with Gasteiger partial charge in [0.25, 0.3) is 0 Å². The summed E-state index contributed by atoms with van der Waals surface area (Å²) in [6, 6.07) is 0.173. The molecule has 0 aliphatic carbocycles. The maximum absolute atomic E-state index is 8.96. The zero-order chi connectivity index (χ0) is 12.0. The number of nitrogens with zero attached hydrogens (tertiary/aromatic N) is 2. The molecule has 0 saturated heterocycles. The Hall–Kier alpha value is -1.40. The number of aromatic nitrogens is 2. The van der Waals surface area contributed by atoms with E-state index >= 15 is 0 Å². The highest BCUT2D eigenvalue weighted by Gasteiger charge is 2.13. The van der Waals surface area contributed by atoms with Crippen molar-refractivity contribution >= 4 is 11.6 Å². The Morgan fingerprint density at radius 3 is 2.62 bits per heavy atom. The van der Waals surface area contributed by atoms with Crippen LogP contribution in [0.3, 0.4) is 0 Å². The summed E-state index contributed by atoms with van der Waals surface area (Å²) in [5.41, 5.74) is 2.44. The SMILES string of the molecule is CC(C)C(CCO)Nc1cncc(NN)n1. The first-order valence-electron chi connectivity index (χ1n) is 5.33. The number of nitrogens with two attached hydrogens (primary N) is 1. The van der Waals surface area contributed by atoms with Crippen molar-refractivity contribution in [2.75, 3.05) is 17.3 Å². The second kappa shape index (κ2) is 6.24. The highest BCUT2D eigenvalue weighted by Crippen LogP contribution is 2.13. The molecule has 6 heteroatoms. The van der Waals surface area contributed by atoms with E-state index < -0.39 is 0 Å². The third kappa shape index (κ3) is 3.63. The summed E-state index contributed by atoms with van der Waals surface area (Å²) in [5, 5.41) is 12.2. The minimum absolute atomic E-state index is 0.151. The maximum Gasteiger partial charge on any atom is 0.160 e. The van der Waals surface area contributed by atoms with Gasteiger partial charge in [-0.05, 0) is 12.3 Å². The van der Waals surface area contributed by atoms with Gasteiger partial charge in [0.05, 0.1) is 12.4 Å². The molecule has 1 aromatic heterocycles. The first-order valence-corrected chi connectivity index (χ1v) is 5.33. The van der Waals surface area contributed by atoms with Gasteiger partial charge in [0.1, 0.15) is 5.82 Å². The topological polar surface area (TPSA) is 96.1 Å². The molecule has 0 saturated carbocycles. The Morgan fingerprint density at radius 1 is 1.38 bits per heavy atom. The Balaban J connectivity index is 2.68. The molecule has 0 bridgehead atoms. The average Bonchev–Trinajstić information content (AvgIpc) is 2.28. The molecule has 0 radical (unpaired) electrons. The van der Waals surface area contributed by atoms with E-state index in [0.29, 0.717) is 24.0 Å². The maximum atomic E-state index is 8.96. The highest BCUT2D eigenvalue weighted by atomic mass is 16.3. The van der Waals surface area contributed by atoms with Crippen LogP contribution in [0.4, 0.5) is 11.6 Å². The molecule has 1 rings (SSSR count). The minimum atomic E-state index is 0.151. The molecule has 1 atom stereocenters. The Labute approximate surface area is 95.3 Å². The minimum Gasteiger partial charge on any atom is -0.396 e. The van der Waals surface area contributed by atoms with Gasteiger partial charge in [0.15, 0.2) is 5.82 Å². The van der Waals surface area contributed by atoms with Crippen molar-refractivity contribution in [3.63, 3.8) is 0 Å². The lowest BCUT2D eigenvalue weighted by Crippen LogP contribution is -2.27. The quantitative estimate of drug-likeness (QED) is 0.418. The van der Waals surface area contributed by atoms with Crippen molar-refractivity contribution in [1.29, 1.82) is 0 Å². The molecule has 1 unspecified atom stereocenters. The fraction of sp³-hybridized carbons (Fsp3) is 0.600. The lowest BCUT2D eigenvalue weighted by Gasteiger charge is -2.21. The van der Waals surface area contributed by atoms with E-state index in [1.807, 2.05) is 0 Å². The second-order valence-corrected chi connectivity index (χ2v) is 3.94. The molecule has 6 nitrogen and oxygen atoms in total. The van der Waals surface area contributed by atoms with Crippen LogP contribution in [0, 0.1) is 5.92 Å². The summed E-state index contributed by atoms with van der Waals surface area (Å²) in [7, 11) is 0. The van der Waals surface area contributed by atoms with Gasteiger partial charge in [-0.15, -0.1) is 0 Å². The van der Waals surface area contributed by atoms with Gasteiger partial charge in [-0.2, -0.15) is 0 Å². The first kappa shape index (κ1) is 12.7. The second-order valence-electron chi connectivity index (χ2n) is 3.94. The summed E-state index contributed by atoms with van der Waals surface area (Å²) >= 11 is 0. The Kier molecular flexibility index (Phi) is 4.94. The smallest absolute Gasteiger partial charge is 0.160 e. The molecule has 0 aromatic carbocycles. The van der Waals surface area contributed by atoms with Crippen molar-refractivity contribution in [2.24, 2.45) is 11.8 Å². The molecule has 0 aliphatic heterocycles. The van der Waals surface area contributed by atoms with Gasteiger partial charge < -0.3 is 15.8 Å². The largest absolute Gasteiger partial charge is 0.396 e. The summed E-state index contributed by atoms with van der Waals surface area (Å²) in [6.45, 7) is 4.33. The number of aliphatic hydroxyl groups is 1. The van der Waals surface area contributed by atoms with Crippen LogP contribution in [0.25, 0.3) is 0 Å². The third-order valence-electron chi connectivity index (χ3n) is 2.36. The molecular formula is C10H19N5O. The van der Waals surface area contributed by atoms with Crippen molar-refractivity contribution in [3.05, 3.63) is 12.4 Å². The molecule has 0 fully saturated rings. The number of hydrogen-bond acceptors (Lipinski definition) is 6. The van der Waals surface area contributed by atoms with Crippen LogP contribution < -0.4 is 16.6 Å². The van der Waals surface area contributed by atoms with Crippen LogP contribution in [-0.4, -0.2) is 27.7 Å². The van der Waals surface area contributed by atoms with E-state index in [2.05, 4.69) is 34.6 Å². The van der Waals surface area contributed by atoms with Gasteiger partial charge in [0, 0.05) is 12.6 Å². The van der Waals surface area contributed by atoms with E-state index in [1.165, 1.54) is 0 Å². The van der Waals surface area contributed by atoms with Crippen LogP contribution in [0.2, 0.25) is 0 Å². The zero-order valence-electron chi connectivity index (χ0n) is 9.64. The van der Waals surface area contributed by atoms with Gasteiger partial charge in [-0.3, -0.25) is 4.98 Å². The Morgan fingerprint density at radius 2 is 2.06 bits per heavy atom. The third-order valence-corrected chi connectivity index (χ3v) is 2.36. The van der Waals surface area contributed by atoms with Crippen LogP contribution in [0.15, 0.2) is 12.4 Å². The van der Waals surface area contributed by atoms with Crippen LogP contribution in [0.1, 0.15) is 20.3 Å².